The number of ether oxygens (including phenoxy) is 2. The van der Waals surface area contributed by atoms with Gasteiger partial charge in [-0.05, 0) is 41.7 Å². The van der Waals surface area contributed by atoms with Crippen LogP contribution >= 0.6 is 11.8 Å². The summed E-state index contributed by atoms with van der Waals surface area (Å²) in [6.45, 7) is 0.551. The molecule has 1 aliphatic rings. The summed E-state index contributed by atoms with van der Waals surface area (Å²) in [5, 5.41) is 24.4. The fourth-order valence-corrected chi connectivity index (χ4v) is 5.73. The molecule has 3 aromatic carbocycles. The van der Waals surface area contributed by atoms with Gasteiger partial charge in [0.1, 0.15) is 0 Å². The molecule has 44 heavy (non-hydrogen) atoms. The molecule has 0 radical (unpaired) electrons. The van der Waals surface area contributed by atoms with Crippen molar-refractivity contribution in [3.05, 3.63) is 95.1 Å². The molecule has 236 valence electrons. The number of carbonyl (C=O) groups excluding carboxylic acids is 2. The van der Waals surface area contributed by atoms with E-state index in [-0.39, 0.29) is 37.2 Å². The summed E-state index contributed by atoms with van der Waals surface area (Å²) in [4.78, 5) is 24.5. The number of aliphatic hydroxyl groups excluding tert-OH is 2. The van der Waals surface area contributed by atoms with Crippen LogP contribution in [0.1, 0.15) is 73.2 Å². The molecule has 0 unspecified atom stereocenters. The van der Waals surface area contributed by atoms with Crippen LogP contribution in [0.15, 0.2) is 72.8 Å². The van der Waals surface area contributed by atoms with E-state index in [1.165, 1.54) is 0 Å². The molecule has 10 heteroatoms. The minimum Gasteiger partial charge on any atom is -0.397 e. The van der Waals surface area contributed by atoms with Crippen LogP contribution < -0.4 is 16.4 Å². The molecule has 9 nitrogen and oxygen atoms in total. The fraction of sp³-hybridized carbons (Fsp3) is 0.412. The van der Waals surface area contributed by atoms with Crippen molar-refractivity contribution in [3.63, 3.8) is 0 Å². The first kappa shape index (κ1) is 33.5. The molecule has 1 heterocycles. The highest BCUT2D eigenvalue weighted by Gasteiger charge is 2.32. The van der Waals surface area contributed by atoms with Crippen molar-refractivity contribution in [2.24, 2.45) is 0 Å². The number of unbranched alkanes of at least 4 members (excludes halogenated alkanes) is 2. The van der Waals surface area contributed by atoms with Gasteiger partial charge in [0, 0.05) is 42.9 Å². The molecule has 4 rings (SSSR count). The van der Waals surface area contributed by atoms with Crippen LogP contribution in [0.5, 0.6) is 0 Å². The molecule has 3 aromatic rings. The number of nitrogens with one attached hydrogen (secondary N) is 2. The number of amides is 2. The van der Waals surface area contributed by atoms with Gasteiger partial charge in [-0.15, -0.1) is 0 Å². The predicted octanol–water partition coefficient (Wildman–Crippen LogP) is 5.24. The number of rotatable bonds is 16. The molecule has 1 fully saturated rings. The second-order valence-corrected chi connectivity index (χ2v) is 12.0. The van der Waals surface area contributed by atoms with Crippen molar-refractivity contribution in [3.8, 4) is 0 Å². The SMILES string of the molecule is Nc1ccccc1NC(=O)CCCCCC(=O)NCc1ccc([C@H]2O[C@@H](CSCCO)C[C@@H](c3ccc(CO)cc3)O2)cc1. The molecule has 1 saturated heterocycles. The average Bonchev–Trinajstić information content (AvgIpc) is 3.05. The maximum atomic E-state index is 12.4. The first-order valence-electron chi connectivity index (χ1n) is 15.1. The molecule has 0 saturated carbocycles. The molecule has 0 aromatic heterocycles. The largest absolute Gasteiger partial charge is 0.397 e. The van der Waals surface area contributed by atoms with E-state index >= 15 is 0 Å². The van der Waals surface area contributed by atoms with E-state index in [0.29, 0.717) is 55.8 Å². The van der Waals surface area contributed by atoms with E-state index in [1.54, 1.807) is 23.9 Å². The lowest BCUT2D eigenvalue weighted by Gasteiger charge is -2.36. The summed E-state index contributed by atoms with van der Waals surface area (Å²) in [6, 6.07) is 22.8. The third-order valence-corrected chi connectivity index (χ3v) is 8.52. The van der Waals surface area contributed by atoms with E-state index in [4.69, 9.17) is 15.2 Å². The quantitative estimate of drug-likeness (QED) is 0.108. The Hall–Kier alpha value is -3.41. The van der Waals surface area contributed by atoms with Gasteiger partial charge in [0.2, 0.25) is 11.8 Å². The summed E-state index contributed by atoms with van der Waals surface area (Å²) < 4.78 is 12.7. The highest BCUT2D eigenvalue weighted by molar-refractivity contribution is 7.99. The maximum absolute atomic E-state index is 12.4. The summed E-state index contributed by atoms with van der Waals surface area (Å²) in [7, 11) is 0. The number of nitrogen functional groups attached to an aromatic ring is 1. The van der Waals surface area contributed by atoms with Gasteiger partial charge < -0.3 is 36.1 Å². The normalized spacial score (nSPS) is 18.1. The van der Waals surface area contributed by atoms with Crippen LogP contribution in [0.2, 0.25) is 0 Å². The smallest absolute Gasteiger partial charge is 0.224 e. The molecular weight excluding hydrogens is 578 g/mol. The van der Waals surface area contributed by atoms with Crippen molar-refractivity contribution >= 4 is 35.0 Å². The molecule has 3 atom stereocenters. The van der Waals surface area contributed by atoms with E-state index in [2.05, 4.69) is 10.6 Å². The Kier molecular flexibility index (Phi) is 13.5. The number of benzene rings is 3. The molecule has 1 aliphatic heterocycles. The van der Waals surface area contributed by atoms with Crippen LogP contribution in [0.3, 0.4) is 0 Å². The average molecular weight is 622 g/mol. The molecular formula is C34H43N3O6S. The lowest BCUT2D eigenvalue weighted by atomic mass is 10.0. The Balaban J connectivity index is 1.20. The van der Waals surface area contributed by atoms with Gasteiger partial charge in [-0.2, -0.15) is 11.8 Å². The minimum atomic E-state index is -0.540. The van der Waals surface area contributed by atoms with Crippen LogP contribution in [0.25, 0.3) is 0 Å². The summed E-state index contributed by atoms with van der Waals surface area (Å²) in [5.74, 6) is 1.31. The number of anilines is 2. The van der Waals surface area contributed by atoms with Crippen molar-refractivity contribution in [1.82, 2.24) is 5.32 Å². The molecule has 0 spiro atoms. The van der Waals surface area contributed by atoms with Crippen LogP contribution in [0.4, 0.5) is 11.4 Å². The van der Waals surface area contributed by atoms with Gasteiger partial charge in [0.25, 0.3) is 0 Å². The summed E-state index contributed by atoms with van der Waals surface area (Å²) in [5.41, 5.74) is 10.8. The zero-order valence-corrected chi connectivity index (χ0v) is 25.8. The van der Waals surface area contributed by atoms with Gasteiger partial charge in [-0.3, -0.25) is 9.59 Å². The molecule has 0 aliphatic carbocycles. The topological polar surface area (TPSA) is 143 Å². The van der Waals surface area contributed by atoms with Gasteiger partial charge in [-0.25, -0.2) is 0 Å². The van der Waals surface area contributed by atoms with Gasteiger partial charge in [0.05, 0.1) is 36.8 Å². The third-order valence-electron chi connectivity index (χ3n) is 7.44. The molecule has 2 amide bonds. The van der Waals surface area contributed by atoms with E-state index in [1.807, 2.05) is 60.7 Å². The Morgan fingerprint density at radius 3 is 2.23 bits per heavy atom. The second kappa shape index (κ2) is 17.8. The van der Waals surface area contributed by atoms with E-state index in [0.717, 1.165) is 34.4 Å². The van der Waals surface area contributed by atoms with Crippen LogP contribution in [0, 0.1) is 0 Å². The number of carbonyl (C=O) groups is 2. The number of nitrogens with two attached hydrogens (primary N) is 1. The zero-order valence-electron chi connectivity index (χ0n) is 25.0. The van der Waals surface area contributed by atoms with E-state index in [9.17, 15) is 19.8 Å². The lowest BCUT2D eigenvalue weighted by molar-refractivity contribution is -0.245. The van der Waals surface area contributed by atoms with Crippen molar-refractivity contribution in [2.45, 2.75) is 70.2 Å². The Bertz CT molecular complexity index is 1320. The molecule has 6 N–H and O–H groups in total. The Labute approximate surface area is 263 Å². The number of aliphatic hydroxyl groups is 2. The summed E-state index contributed by atoms with van der Waals surface area (Å²) >= 11 is 1.66. The van der Waals surface area contributed by atoms with Crippen molar-refractivity contribution < 1.29 is 29.3 Å². The number of para-hydroxylation sites is 2. The van der Waals surface area contributed by atoms with E-state index < -0.39 is 6.29 Å². The van der Waals surface area contributed by atoms with Crippen LogP contribution in [-0.4, -0.2) is 46.2 Å². The van der Waals surface area contributed by atoms with Gasteiger partial charge in [-0.1, -0.05) is 67.1 Å². The Morgan fingerprint density at radius 2 is 1.52 bits per heavy atom. The van der Waals surface area contributed by atoms with Crippen molar-refractivity contribution in [1.29, 1.82) is 0 Å². The second-order valence-electron chi connectivity index (χ2n) is 10.9. The Morgan fingerprint density at radius 1 is 0.841 bits per heavy atom. The summed E-state index contributed by atoms with van der Waals surface area (Å²) in [6.07, 6.45) is 2.96. The van der Waals surface area contributed by atoms with Gasteiger partial charge in [0.15, 0.2) is 6.29 Å². The zero-order chi connectivity index (χ0) is 31.1. The van der Waals surface area contributed by atoms with Crippen LogP contribution in [-0.2, 0) is 32.2 Å². The number of hydrogen-bond donors (Lipinski definition) is 5. The van der Waals surface area contributed by atoms with Crippen molar-refractivity contribution in [2.75, 3.05) is 29.2 Å². The third kappa shape index (κ3) is 10.6. The standard InChI is InChI=1S/C34H43N3O6S/c35-29-6-4-5-7-30(29)37-33(41)9-3-1-2-8-32(40)36-21-24-10-16-27(17-11-24)34-42-28(23-44-19-18-38)20-31(43-34)26-14-12-25(22-39)13-15-26/h4-7,10-17,28,31,34,38-39H,1-3,8-9,18-23,35H2,(H,36,40)(H,37,41)/t28-,31+,34+/m1/s1. The highest BCUT2D eigenvalue weighted by atomic mass is 32.2. The number of thioether (sulfide) groups is 1. The molecule has 0 bridgehead atoms. The highest BCUT2D eigenvalue weighted by Crippen LogP contribution is 2.38. The minimum absolute atomic E-state index is 0.00300. The number of hydrogen-bond acceptors (Lipinski definition) is 8. The first-order chi connectivity index (χ1) is 21.4. The fourth-order valence-electron chi connectivity index (χ4n) is 4.96. The van der Waals surface area contributed by atoms with Gasteiger partial charge >= 0.3 is 0 Å². The lowest BCUT2D eigenvalue weighted by Crippen LogP contribution is -2.31. The maximum Gasteiger partial charge on any atom is 0.224 e. The predicted molar refractivity (Wildman–Crippen MR) is 174 cm³/mol. The first-order valence-corrected chi connectivity index (χ1v) is 16.3. The monoisotopic (exact) mass is 621 g/mol.